The summed E-state index contributed by atoms with van der Waals surface area (Å²) in [5.41, 5.74) is 0.590. The first-order valence-electron chi connectivity index (χ1n) is 10.3. The van der Waals surface area contributed by atoms with E-state index in [-0.39, 0.29) is 36.7 Å². The second-order valence-corrected chi connectivity index (χ2v) is 8.66. The van der Waals surface area contributed by atoms with E-state index in [1.165, 1.54) is 0 Å². The number of nitriles is 1. The number of fused-ring (bicyclic) bond motifs is 1. The van der Waals surface area contributed by atoms with Gasteiger partial charge in [0, 0.05) is 35.4 Å². The van der Waals surface area contributed by atoms with E-state index in [2.05, 4.69) is 16.7 Å². The Morgan fingerprint density at radius 3 is 2.62 bits per heavy atom. The molecule has 7 unspecified atom stereocenters. The van der Waals surface area contributed by atoms with E-state index in [0.717, 1.165) is 0 Å². The van der Waals surface area contributed by atoms with Crippen LogP contribution in [0.4, 0.5) is 13.2 Å². The molecule has 2 fully saturated rings. The van der Waals surface area contributed by atoms with Crippen molar-refractivity contribution in [2.75, 3.05) is 0 Å². The van der Waals surface area contributed by atoms with E-state index in [0.29, 0.717) is 24.8 Å². The number of carbonyl (C=O) groups excluding carboxylic acids is 2. The van der Waals surface area contributed by atoms with Crippen LogP contribution in [0.25, 0.3) is 0 Å². The number of rotatable bonds is 4. The zero-order valence-electron chi connectivity index (χ0n) is 16.8. The van der Waals surface area contributed by atoms with Crippen molar-refractivity contribution >= 4 is 11.8 Å². The van der Waals surface area contributed by atoms with Gasteiger partial charge in [0.1, 0.15) is 18.5 Å². The first-order chi connectivity index (χ1) is 13.7. The van der Waals surface area contributed by atoms with E-state index in [4.69, 9.17) is 5.26 Å². The van der Waals surface area contributed by atoms with Gasteiger partial charge in [0.25, 0.3) is 0 Å². The van der Waals surface area contributed by atoms with Crippen molar-refractivity contribution in [3.05, 3.63) is 11.1 Å². The van der Waals surface area contributed by atoms with Gasteiger partial charge in [-0.3, -0.25) is 9.59 Å². The normalized spacial score (nSPS) is 38.5. The Hall–Kier alpha value is -2.04. The summed E-state index contributed by atoms with van der Waals surface area (Å²) in [5, 5.41) is 14.4. The van der Waals surface area contributed by atoms with Crippen molar-refractivity contribution in [2.45, 2.75) is 83.0 Å². The van der Waals surface area contributed by atoms with E-state index < -0.39 is 48.3 Å². The third-order valence-corrected chi connectivity index (χ3v) is 6.82. The number of carbonyl (C=O) groups is 2. The molecule has 2 aliphatic carbocycles. The third kappa shape index (κ3) is 4.44. The monoisotopic (exact) mass is 411 g/mol. The minimum atomic E-state index is -1.70. The van der Waals surface area contributed by atoms with Crippen LogP contribution in [0.2, 0.25) is 0 Å². The molecule has 0 radical (unpaired) electrons. The van der Waals surface area contributed by atoms with Crippen molar-refractivity contribution in [3.8, 4) is 6.07 Å². The number of amides is 2. The Bertz CT molecular complexity index is 735. The Labute approximate surface area is 169 Å². The van der Waals surface area contributed by atoms with Crippen LogP contribution < -0.4 is 10.6 Å². The summed E-state index contributed by atoms with van der Waals surface area (Å²) in [5.74, 6) is -2.30. The first kappa shape index (κ1) is 21.7. The van der Waals surface area contributed by atoms with Gasteiger partial charge in [-0.1, -0.05) is 5.57 Å². The number of halogens is 3. The lowest BCUT2D eigenvalue weighted by Crippen LogP contribution is -2.54. The molecular formula is C21H28F3N3O2. The van der Waals surface area contributed by atoms with Gasteiger partial charge in [-0.25, -0.2) is 13.2 Å². The van der Waals surface area contributed by atoms with Crippen LogP contribution >= 0.6 is 0 Å². The summed E-state index contributed by atoms with van der Waals surface area (Å²) in [6.45, 7) is 3.31. The Balaban J connectivity index is 1.65. The predicted octanol–water partition coefficient (Wildman–Crippen LogP) is 3.06. The van der Waals surface area contributed by atoms with Crippen LogP contribution in [-0.2, 0) is 9.59 Å². The largest absolute Gasteiger partial charge is 0.353 e. The van der Waals surface area contributed by atoms with Crippen LogP contribution in [0, 0.1) is 29.1 Å². The molecule has 2 saturated carbocycles. The van der Waals surface area contributed by atoms with Gasteiger partial charge in [-0.05, 0) is 46.0 Å². The van der Waals surface area contributed by atoms with E-state index in [9.17, 15) is 22.8 Å². The summed E-state index contributed by atoms with van der Waals surface area (Å²) >= 11 is 0. The predicted molar refractivity (Wildman–Crippen MR) is 101 cm³/mol. The fourth-order valence-electron chi connectivity index (χ4n) is 5.07. The molecule has 1 heterocycles. The van der Waals surface area contributed by atoms with E-state index in [1.54, 1.807) is 13.8 Å². The lowest BCUT2D eigenvalue weighted by Gasteiger charge is -2.41. The molecule has 2 amide bonds. The first-order valence-corrected chi connectivity index (χ1v) is 10.3. The molecule has 0 aromatic heterocycles. The maximum atomic E-state index is 14.4. The minimum Gasteiger partial charge on any atom is -0.353 e. The molecule has 0 saturated heterocycles. The minimum absolute atomic E-state index is 0.0711. The second-order valence-electron chi connectivity index (χ2n) is 8.66. The van der Waals surface area contributed by atoms with Crippen LogP contribution in [0.5, 0.6) is 0 Å². The van der Waals surface area contributed by atoms with Gasteiger partial charge in [0.15, 0.2) is 0 Å². The molecular weight excluding hydrogens is 383 g/mol. The fraction of sp³-hybridized carbons (Fsp3) is 0.762. The highest BCUT2D eigenvalue weighted by molar-refractivity contribution is 6.00. The molecule has 3 rings (SSSR count). The van der Waals surface area contributed by atoms with Crippen LogP contribution in [-0.4, -0.2) is 42.4 Å². The summed E-state index contributed by atoms with van der Waals surface area (Å²) in [4.78, 5) is 25.0. The molecule has 2 N–H and O–H groups in total. The zero-order chi connectivity index (χ0) is 21.3. The molecule has 8 heteroatoms. The quantitative estimate of drug-likeness (QED) is 0.746. The molecule has 5 nitrogen and oxygen atoms in total. The van der Waals surface area contributed by atoms with Gasteiger partial charge in [0.2, 0.25) is 11.8 Å². The average Bonchev–Trinajstić information content (AvgIpc) is 2.67. The zero-order valence-corrected chi connectivity index (χ0v) is 16.8. The Morgan fingerprint density at radius 1 is 1.24 bits per heavy atom. The summed E-state index contributed by atoms with van der Waals surface area (Å²) in [6, 6.07) is 1.20. The number of hydrogen-bond acceptors (Lipinski definition) is 3. The molecule has 8 atom stereocenters. The Morgan fingerprint density at radius 2 is 1.97 bits per heavy atom. The van der Waals surface area contributed by atoms with Crippen molar-refractivity contribution < 1.29 is 22.8 Å². The second kappa shape index (κ2) is 8.76. The van der Waals surface area contributed by atoms with Crippen LogP contribution in [0.1, 0.15) is 52.4 Å². The summed E-state index contributed by atoms with van der Waals surface area (Å²) < 4.78 is 42.6. The maximum Gasteiger partial charge on any atom is 0.247 e. The Kier molecular flexibility index (Phi) is 6.55. The van der Waals surface area contributed by atoms with Gasteiger partial charge in [0.05, 0.1) is 12.5 Å². The number of nitrogens with one attached hydrogen (secondary N) is 2. The van der Waals surface area contributed by atoms with Gasteiger partial charge >= 0.3 is 0 Å². The number of nitrogens with zero attached hydrogens (tertiary/aromatic N) is 1. The average molecular weight is 411 g/mol. The van der Waals surface area contributed by atoms with E-state index >= 15 is 0 Å². The SMILES string of the molecule is CC1=C(CC(=O)N[C@@H](C)C2CCC(C#N)CC2F)C(=O)NC2CCC(F)C(F)C12. The highest BCUT2D eigenvalue weighted by atomic mass is 19.2. The van der Waals surface area contributed by atoms with Gasteiger partial charge in [-0.15, -0.1) is 0 Å². The van der Waals surface area contributed by atoms with E-state index in [1.807, 2.05) is 0 Å². The fourth-order valence-corrected chi connectivity index (χ4v) is 5.07. The highest BCUT2D eigenvalue weighted by Crippen LogP contribution is 2.39. The van der Waals surface area contributed by atoms with Crippen molar-refractivity contribution in [1.29, 1.82) is 5.26 Å². The lowest BCUT2D eigenvalue weighted by atomic mass is 9.73. The topological polar surface area (TPSA) is 82.0 Å². The maximum absolute atomic E-state index is 14.4. The molecule has 0 bridgehead atoms. The standard InChI is InChI=1S/C21H28F3N3O2/c1-10-14(21(29)27-17-6-5-15(22)20(24)19(10)17)8-18(28)26-11(2)13-4-3-12(9-25)7-16(13)23/h11-13,15-17,19-20H,3-8H2,1-2H3,(H,26,28)(H,27,29)/t11-,12?,13?,15?,16?,17?,19?,20?/m0/s1. The molecule has 160 valence electrons. The lowest BCUT2D eigenvalue weighted by molar-refractivity contribution is -0.125. The van der Waals surface area contributed by atoms with Crippen molar-refractivity contribution in [1.82, 2.24) is 10.6 Å². The smallest absolute Gasteiger partial charge is 0.247 e. The molecule has 3 aliphatic rings. The van der Waals surface area contributed by atoms with Crippen LogP contribution in [0.3, 0.4) is 0 Å². The molecule has 0 aromatic rings. The van der Waals surface area contributed by atoms with Gasteiger partial charge in [-0.2, -0.15) is 5.26 Å². The number of hydrogen-bond donors (Lipinski definition) is 2. The molecule has 29 heavy (non-hydrogen) atoms. The highest BCUT2D eigenvalue weighted by Gasteiger charge is 2.45. The van der Waals surface area contributed by atoms with Crippen molar-refractivity contribution in [3.63, 3.8) is 0 Å². The van der Waals surface area contributed by atoms with Crippen LogP contribution in [0.15, 0.2) is 11.1 Å². The molecule has 0 spiro atoms. The summed E-state index contributed by atoms with van der Waals surface area (Å²) in [6.07, 6.45) is -2.97. The molecule has 0 aromatic carbocycles. The third-order valence-electron chi connectivity index (χ3n) is 6.82. The summed E-state index contributed by atoms with van der Waals surface area (Å²) in [7, 11) is 0. The number of alkyl halides is 3. The van der Waals surface area contributed by atoms with Crippen molar-refractivity contribution in [2.24, 2.45) is 17.8 Å². The molecule has 1 aliphatic heterocycles. The van der Waals surface area contributed by atoms with Gasteiger partial charge < -0.3 is 10.6 Å².